The fourth-order valence-electron chi connectivity index (χ4n) is 2.53. The number of hydrogen-bond donors (Lipinski definition) is 0. The van der Waals surface area contributed by atoms with Gasteiger partial charge < -0.3 is 14.5 Å². The molecular formula is C17H26N4O3. The number of ether oxygens (including phenoxy) is 1. The number of amides is 2. The maximum atomic E-state index is 12.6. The minimum atomic E-state index is -0.161. The van der Waals surface area contributed by atoms with Gasteiger partial charge in [-0.2, -0.15) is 0 Å². The molecule has 0 N–H and O–H groups in total. The number of carbonyl (C=O) groups is 2. The molecule has 1 saturated heterocycles. The second-order valence-corrected chi connectivity index (χ2v) is 5.93. The first-order valence-corrected chi connectivity index (χ1v) is 8.55. The molecule has 0 radical (unpaired) electrons. The Hall–Kier alpha value is -2.02. The number of nitrogens with zero attached hydrogens (tertiary/aromatic N) is 4. The predicted molar refractivity (Wildman–Crippen MR) is 89.6 cm³/mol. The third-order valence-electron chi connectivity index (χ3n) is 4.03. The van der Waals surface area contributed by atoms with Gasteiger partial charge in [0.2, 0.25) is 5.91 Å². The minimum Gasteiger partial charge on any atom is -0.378 e. The summed E-state index contributed by atoms with van der Waals surface area (Å²) in [6, 6.07) is 0. The lowest BCUT2D eigenvalue weighted by molar-refractivity contribution is -0.135. The molecule has 132 valence electrons. The van der Waals surface area contributed by atoms with Crippen molar-refractivity contribution < 1.29 is 14.3 Å². The molecule has 1 aromatic heterocycles. The van der Waals surface area contributed by atoms with Gasteiger partial charge in [-0.15, -0.1) is 0 Å². The van der Waals surface area contributed by atoms with E-state index in [1.165, 1.54) is 6.20 Å². The summed E-state index contributed by atoms with van der Waals surface area (Å²) in [5.41, 5.74) is 1.10. The molecule has 2 amide bonds. The summed E-state index contributed by atoms with van der Waals surface area (Å²) >= 11 is 0. The van der Waals surface area contributed by atoms with E-state index in [0.717, 1.165) is 18.5 Å². The molecule has 0 aliphatic carbocycles. The molecule has 0 atom stereocenters. The van der Waals surface area contributed by atoms with Gasteiger partial charge in [0, 0.05) is 38.8 Å². The van der Waals surface area contributed by atoms with Gasteiger partial charge in [-0.1, -0.05) is 13.3 Å². The van der Waals surface area contributed by atoms with Gasteiger partial charge in [0.15, 0.2) is 0 Å². The zero-order chi connectivity index (χ0) is 17.4. The van der Waals surface area contributed by atoms with E-state index in [9.17, 15) is 9.59 Å². The van der Waals surface area contributed by atoms with Gasteiger partial charge in [0.25, 0.3) is 5.91 Å². The zero-order valence-electron chi connectivity index (χ0n) is 14.5. The standard InChI is InChI=1S/C17H26N4O3/c1-3-4-6-21(17(23)15-13-18-14(2)12-19-15)7-5-16(22)20-8-10-24-11-9-20/h12-13H,3-11H2,1-2H3. The molecule has 24 heavy (non-hydrogen) atoms. The van der Waals surface area contributed by atoms with E-state index in [0.29, 0.717) is 51.5 Å². The molecule has 1 fully saturated rings. The fourth-order valence-corrected chi connectivity index (χ4v) is 2.53. The first-order chi connectivity index (χ1) is 11.6. The summed E-state index contributed by atoms with van der Waals surface area (Å²) in [6.07, 6.45) is 5.30. The maximum absolute atomic E-state index is 12.6. The third-order valence-corrected chi connectivity index (χ3v) is 4.03. The monoisotopic (exact) mass is 334 g/mol. The number of morpholine rings is 1. The quantitative estimate of drug-likeness (QED) is 0.751. The SMILES string of the molecule is CCCCN(CCC(=O)N1CCOCC1)C(=O)c1cnc(C)cn1. The molecule has 0 saturated carbocycles. The molecule has 7 nitrogen and oxygen atoms in total. The van der Waals surface area contributed by atoms with Crippen molar-refractivity contribution >= 4 is 11.8 Å². The minimum absolute atomic E-state index is 0.0718. The van der Waals surface area contributed by atoms with Crippen molar-refractivity contribution in [3.05, 3.63) is 23.8 Å². The van der Waals surface area contributed by atoms with Crippen LogP contribution in [0, 0.1) is 6.92 Å². The van der Waals surface area contributed by atoms with Crippen molar-refractivity contribution in [2.45, 2.75) is 33.1 Å². The van der Waals surface area contributed by atoms with Gasteiger partial charge in [0.1, 0.15) is 5.69 Å². The van der Waals surface area contributed by atoms with Crippen molar-refractivity contribution in [1.82, 2.24) is 19.8 Å². The van der Waals surface area contributed by atoms with Crippen LogP contribution in [0.3, 0.4) is 0 Å². The summed E-state index contributed by atoms with van der Waals surface area (Å²) < 4.78 is 5.26. The van der Waals surface area contributed by atoms with E-state index < -0.39 is 0 Å². The topological polar surface area (TPSA) is 75.6 Å². The molecule has 1 aliphatic rings. The molecule has 1 aromatic rings. The highest BCUT2D eigenvalue weighted by Crippen LogP contribution is 2.07. The van der Waals surface area contributed by atoms with Gasteiger partial charge in [-0.3, -0.25) is 14.6 Å². The number of rotatable bonds is 7. The van der Waals surface area contributed by atoms with Crippen LogP contribution in [0.15, 0.2) is 12.4 Å². The van der Waals surface area contributed by atoms with E-state index >= 15 is 0 Å². The molecule has 0 spiro atoms. The van der Waals surface area contributed by atoms with E-state index in [-0.39, 0.29) is 11.8 Å². The smallest absolute Gasteiger partial charge is 0.274 e. The van der Waals surface area contributed by atoms with Crippen LogP contribution < -0.4 is 0 Å². The van der Waals surface area contributed by atoms with Crippen molar-refractivity contribution in [2.75, 3.05) is 39.4 Å². The summed E-state index contributed by atoms with van der Waals surface area (Å²) in [7, 11) is 0. The van der Waals surface area contributed by atoms with Crippen molar-refractivity contribution in [1.29, 1.82) is 0 Å². The van der Waals surface area contributed by atoms with Crippen LogP contribution in [0.1, 0.15) is 42.4 Å². The first-order valence-electron chi connectivity index (χ1n) is 8.55. The third kappa shape index (κ3) is 5.26. The lowest BCUT2D eigenvalue weighted by atomic mass is 10.2. The number of aromatic nitrogens is 2. The second-order valence-electron chi connectivity index (χ2n) is 5.93. The van der Waals surface area contributed by atoms with Crippen LogP contribution in [-0.2, 0) is 9.53 Å². The molecule has 2 rings (SSSR count). The van der Waals surface area contributed by atoms with E-state index in [1.807, 2.05) is 6.92 Å². The van der Waals surface area contributed by atoms with Crippen molar-refractivity contribution in [3.8, 4) is 0 Å². The van der Waals surface area contributed by atoms with Crippen LogP contribution >= 0.6 is 0 Å². The maximum Gasteiger partial charge on any atom is 0.274 e. The lowest BCUT2D eigenvalue weighted by Gasteiger charge is -2.28. The Morgan fingerprint density at radius 1 is 1.21 bits per heavy atom. The molecule has 0 bridgehead atoms. The van der Waals surface area contributed by atoms with Crippen LogP contribution in [0.5, 0.6) is 0 Å². The lowest BCUT2D eigenvalue weighted by Crippen LogP contribution is -2.43. The predicted octanol–water partition coefficient (Wildman–Crippen LogP) is 1.28. The Morgan fingerprint density at radius 2 is 1.96 bits per heavy atom. The van der Waals surface area contributed by atoms with Gasteiger partial charge in [-0.05, 0) is 13.3 Å². The van der Waals surface area contributed by atoms with E-state index in [1.54, 1.807) is 16.0 Å². The van der Waals surface area contributed by atoms with Gasteiger partial charge >= 0.3 is 0 Å². The van der Waals surface area contributed by atoms with Crippen molar-refractivity contribution in [3.63, 3.8) is 0 Å². The van der Waals surface area contributed by atoms with E-state index in [2.05, 4.69) is 16.9 Å². The molecule has 0 aromatic carbocycles. The fraction of sp³-hybridized carbons (Fsp3) is 0.647. The van der Waals surface area contributed by atoms with Crippen LogP contribution in [0.4, 0.5) is 0 Å². The first kappa shape index (κ1) is 18.3. The zero-order valence-corrected chi connectivity index (χ0v) is 14.5. The highest BCUT2D eigenvalue weighted by Gasteiger charge is 2.21. The highest BCUT2D eigenvalue weighted by atomic mass is 16.5. The Bertz CT molecular complexity index is 541. The molecule has 2 heterocycles. The average molecular weight is 334 g/mol. The molecule has 7 heteroatoms. The molecule has 0 unspecified atom stereocenters. The number of carbonyl (C=O) groups excluding carboxylic acids is 2. The Kier molecular flexibility index (Phi) is 7.11. The largest absolute Gasteiger partial charge is 0.378 e. The number of unbranched alkanes of at least 4 members (excludes halogenated alkanes) is 1. The van der Waals surface area contributed by atoms with Crippen LogP contribution in [-0.4, -0.2) is 71.0 Å². The van der Waals surface area contributed by atoms with E-state index in [4.69, 9.17) is 4.74 Å². The van der Waals surface area contributed by atoms with Crippen molar-refractivity contribution in [2.24, 2.45) is 0 Å². The average Bonchev–Trinajstić information content (AvgIpc) is 2.62. The Balaban J connectivity index is 1.95. The summed E-state index contributed by atoms with van der Waals surface area (Å²) in [5, 5.41) is 0. The highest BCUT2D eigenvalue weighted by molar-refractivity contribution is 5.92. The Morgan fingerprint density at radius 3 is 2.58 bits per heavy atom. The Labute approximate surface area is 143 Å². The van der Waals surface area contributed by atoms with Gasteiger partial charge in [-0.25, -0.2) is 4.98 Å². The number of hydrogen-bond acceptors (Lipinski definition) is 5. The normalized spacial score (nSPS) is 14.5. The summed E-state index contributed by atoms with van der Waals surface area (Å²) in [5.74, 6) is -0.0895. The summed E-state index contributed by atoms with van der Waals surface area (Å²) in [4.78, 5) is 36.7. The van der Waals surface area contributed by atoms with Gasteiger partial charge in [0.05, 0.1) is 25.1 Å². The summed E-state index contributed by atoms with van der Waals surface area (Å²) in [6.45, 7) is 7.37. The molecule has 1 aliphatic heterocycles. The van der Waals surface area contributed by atoms with Crippen LogP contribution in [0.2, 0.25) is 0 Å². The number of aryl methyl sites for hydroxylation is 1. The van der Waals surface area contributed by atoms with Crippen LogP contribution in [0.25, 0.3) is 0 Å². The molecular weight excluding hydrogens is 308 g/mol. The second kappa shape index (κ2) is 9.32.